The van der Waals surface area contributed by atoms with Gasteiger partial charge in [-0.25, -0.2) is 4.79 Å². The molecular formula is C19H21N3O4. The molecule has 2 aromatic carbocycles. The molecule has 136 valence electrons. The predicted octanol–water partition coefficient (Wildman–Crippen LogP) is 3.14. The highest BCUT2D eigenvalue weighted by Crippen LogP contribution is 2.21. The number of benzene rings is 2. The molecule has 0 heterocycles. The topological polar surface area (TPSA) is 93.5 Å². The third-order valence-corrected chi connectivity index (χ3v) is 4.39. The number of ether oxygens (including phenoxy) is 1. The normalized spacial score (nSPS) is 18.6. The molecule has 0 radical (unpaired) electrons. The number of amides is 1. The number of alkyl carbamates (subject to hydrolysis) is 1. The van der Waals surface area contributed by atoms with Gasteiger partial charge in [-0.05, 0) is 24.0 Å². The summed E-state index contributed by atoms with van der Waals surface area (Å²) >= 11 is 0. The molecule has 1 fully saturated rings. The van der Waals surface area contributed by atoms with Crippen molar-refractivity contribution in [1.82, 2.24) is 10.6 Å². The average Bonchev–Trinajstić information content (AvgIpc) is 2.63. The van der Waals surface area contributed by atoms with E-state index in [9.17, 15) is 14.9 Å². The van der Waals surface area contributed by atoms with Crippen molar-refractivity contribution in [3.05, 3.63) is 75.8 Å². The lowest BCUT2D eigenvalue weighted by molar-refractivity contribution is -0.384. The molecule has 0 unspecified atom stereocenters. The monoisotopic (exact) mass is 355 g/mol. The van der Waals surface area contributed by atoms with Crippen LogP contribution in [0, 0.1) is 10.1 Å². The van der Waals surface area contributed by atoms with Crippen molar-refractivity contribution in [3.63, 3.8) is 0 Å². The summed E-state index contributed by atoms with van der Waals surface area (Å²) in [5.74, 6) is 0. The molecule has 7 nitrogen and oxygen atoms in total. The zero-order valence-corrected chi connectivity index (χ0v) is 14.3. The van der Waals surface area contributed by atoms with E-state index in [1.807, 2.05) is 36.4 Å². The number of hydrogen-bond donors (Lipinski definition) is 2. The Labute approximate surface area is 151 Å². The van der Waals surface area contributed by atoms with Crippen molar-refractivity contribution >= 4 is 11.8 Å². The van der Waals surface area contributed by atoms with Crippen molar-refractivity contribution in [2.24, 2.45) is 0 Å². The third-order valence-electron chi connectivity index (χ3n) is 4.39. The first-order chi connectivity index (χ1) is 12.6. The van der Waals surface area contributed by atoms with Crippen LogP contribution in [0.4, 0.5) is 10.5 Å². The van der Waals surface area contributed by atoms with Crippen LogP contribution in [0.2, 0.25) is 0 Å². The van der Waals surface area contributed by atoms with E-state index in [2.05, 4.69) is 10.6 Å². The van der Waals surface area contributed by atoms with E-state index >= 15 is 0 Å². The second kappa shape index (κ2) is 8.44. The van der Waals surface area contributed by atoms with Crippen LogP contribution in [0.1, 0.15) is 24.0 Å². The smallest absolute Gasteiger partial charge is 0.407 e. The molecule has 0 atom stereocenters. The van der Waals surface area contributed by atoms with E-state index < -0.39 is 11.0 Å². The molecule has 1 aliphatic rings. The predicted molar refractivity (Wildman–Crippen MR) is 96.5 cm³/mol. The Kier molecular flexibility index (Phi) is 5.80. The summed E-state index contributed by atoms with van der Waals surface area (Å²) in [5, 5.41) is 17.0. The first-order valence-corrected chi connectivity index (χ1v) is 8.54. The molecule has 0 aromatic heterocycles. The van der Waals surface area contributed by atoms with Gasteiger partial charge in [0.1, 0.15) is 6.61 Å². The van der Waals surface area contributed by atoms with E-state index in [0.29, 0.717) is 6.54 Å². The summed E-state index contributed by atoms with van der Waals surface area (Å²) in [7, 11) is 0. The number of nitro benzene ring substituents is 1. The first kappa shape index (κ1) is 17.9. The molecule has 0 spiro atoms. The van der Waals surface area contributed by atoms with Gasteiger partial charge < -0.3 is 15.4 Å². The molecule has 1 amide bonds. The lowest BCUT2D eigenvalue weighted by Gasteiger charge is -2.36. The van der Waals surface area contributed by atoms with Crippen LogP contribution in [-0.2, 0) is 17.9 Å². The fourth-order valence-electron chi connectivity index (χ4n) is 2.88. The Morgan fingerprint density at radius 3 is 2.54 bits per heavy atom. The maximum atomic E-state index is 11.8. The van der Waals surface area contributed by atoms with Gasteiger partial charge in [-0.2, -0.15) is 0 Å². The third kappa shape index (κ3) is 5.03. The summed E-state index contributed by atoms with van der Waals surface area (Å²) in [6.07, 6.45) is 1.22. The summed E-state index contributed by atoms with van der Waals surface area (Å²) in [6.45, 7) is 0.825. The highest BCUT2D eigenvalue weighted by Gasteiger charge is 2.30. The Bertz CT molecular complexity index is 760. The number of rotatable bonds is 7. The number of hydrogen-bond acceptors (Lipinski definition) is 5. The highest BCUT2D eigenvalue weighted by molar-refractivity contribution is 5.67. The van der Waals surface area contributed by atoms with Gasteiger partial charge in [-0.15, -0.1) is 0 Å². The highest BCUT2D eigenvalue weighted by atomic mass is 16.6. The molecule has 0 aliphatic heterocycles. The van der Waals surface area contributed by atoms with Gasteiger partial charge in [0.05, 0.1) is 4.92 Å². The SMILES string of the molecule is O=C(NC1CC(NCc2cccc([N+](=O)[O-])c2)C1)OCc1ccccc1. The van der Waals surface area contributed by atoms with Crippen molar-refractivity contribution in [1.29, 1.82) is 0 Å². The Morgan fingerprint density at radius 1 is 1.08 bits per heavy atom. The molecule has 1 saturated carbocycles. The molecule has 26 heavy (non-hydrogen) atoms. The molecule has 2 N–H and O–H groups in total. The van der Waals surface area contributed by atoms with Crippen LogP contribution >= 0.6 is 0 Å². The molecule has 0 bridgehead atoms. The van der Waals surface area contributed by atoms with Crippen molar-refractivity contribution in [3.8, 4) is 0 Å². The lowest BCUT2D eigenvalue weighted by atomic mass is 9.87. The summed E-state index contributed by atoms with van der Waals surface area (Å²) in [4.78, 5) is 22.2. The molecular weight excluding hydrogens is 334 g/mol. The van der Waals surface area contributed by atoms with Gasteiger partial charge in [0.2, 0.25) is 0 Å². The molecule has 7 heteroatoms. The van der Waals surface area contributed by atoms with Crippen LogP contribution in [-0.4, -0.2) is 23.1 Å². The minimum atomic E-state index is -0.406. The van der Waals surface area contributed by atoms with Crippen molar-refractivity contribution in [2.75, 3.05) is 0 Å². The maximum absolute atomic E-state index is 11.8. The summed E-state index contributed by atoms with van der Waals surface area (Å²) in [6, 6.07) is 16.5. The minimum Gasteiger partial charge on any atom is -0.445 e. The first-order valence-electron chi connectivity index (χ1n) is 8.54. The van der Waals surface area contributed by atoms with Crippen LogP contribution in [0.15, 0.2) is 54.6 Å². The number of nitrogens with zero attached hydrogens (tertiary/aromatic N) is 1. The van der Waals surface area contributed by atoms with Gasteiger partial charge in [0.15, 0.2) is 0 Å². The van der Waals surface area contributed by atoms with Gasteiger partial charge in [-0.3, -0.25) is 10.1 Å². The second-order valence-corrected chi connectivity index (χ2v) is 6.38. The largest absolute Gasteiger partial charge is 0.445 e. The van der Waals surface area contributed by atoms with Crippen LogP contribution in [0.3, 0.4) is 0 Å². The maximum Gasteiger partial charge on any atom is 0.407 e. The van der Waals surface area contributed by atoms with E-state index in [-0.39, 0.29) is 24.4 Å². The molecule has 3 rings (SSSR count). The summed E-state index contributed by atoms with van der Waals surface area (Å²) in [5.41, 5.74) is 1.92. The summed E-state index contributed by atoms with van der Waals surface area (Å²) < 4.78 is 5.20. The second-order valence-electron chi connectivity index (χ2n) is 6.38. The van der Waals surface area contributed by atoms with Crippen molar-refractivity contribution in [2.45, 2.75) is 38.1 Å². The standard InChI is InChI=1S/C19H21N3O4/c23-19(26-13-14-5-2-1-3-6-14)21-17-10-16(11-17)20-12-15-7-4-8-18(9-15)22(24)25/h1-9,16-17,20H,10-13H2,(H,21,23). The molecule has 2 aromatic rings. The van der Waals surface area contributed by atoms with E-state index in [0.717, 1.165) is 24.0 Å². The van der Waals surface area contributed by atoms with E-state index in [1.54, 1.807) is 12.1 Å². The van der Waals surface area contributed by atoms with Gasteiger partial charge >= 0.3 is 6.09 Å². The molecule has 0 saturated heterocycles. The Hall–Kier alpha value is -2.93. The van der Waals surface area contributed by atoms with Crippen LogP contribution in [0.25, 0.3) is 0 Å². The minimum absolute atomic E-state index is 0.0959. The number of carbonyl (C=O) groups is 1. The Morgan fingerprint density at radius 2 is 1.81 bits per heavy atom. The fraction of sp³-hybridized carbons (Fsp3) is 0.316. The molecule has 1 aliphatic carbocycles. The van der Waals surface area contributed by atoms with Gasteiger partial charge in [-0.1, -0.05) is 42.5 Å². The van der Waals surface area contributed by atoms with Crippen LogP contribution in [0.5, 0.6) is 0 Å². The van der Waals surface area contributed by atoms with Gasteiger partial charge in [0, 0.05) is 30.8 Å². The number of carbonyl (C=O) groups excluding carboxylic acids is 1. The van der Waals surface area contributed by atoms with Crippen LogP contribution < -0.4 is 10.6 Å². The number of nitrogens with one attached hydrogen (secondary N) is 2. The number of nitro groups is 1. The van der Waals surface area contributed by atoms with Gasteiger partial charge in [0.25, 0.3) is 5.69 Å². The quantitative estimate of drug-likeness (QED) is 0.588. The zero-order valence-electron chi connectivity index (χ0n) is 14.3. The zero-order chi connectivity index (χ0) is 18.4. The number of non-ortho nitro benzene ring substituents is 1. The van der Waals surface area contributed by atoms with E-state index in [1.165, 1.54) is 6.07 Å². The average molecular weight is 355 g/mol. The van der Waals surface area contributed by atoms with Crippen molar-refractivity contribution < 1.29 is 14.5 Å². The van der Waals surface area contributed by atoms with E-state index in [4.69, 9.17) is 4.74 Å². The fourth-order valence-corrected chi connectivity index (χ4v) is 2.88. The Balaban J connectivity index is 1.33. The lowest BCUT2D eigenvalue weighted by Crippen LogP contribution is -2.52.